The molecule has 1 rings (SSSR count). The Labute approximate surface area is 110 Å². The van der Waals surface area contributed by atoms with Gasteiger partial charge in [0.1, 0.15) is 0 Å². The molecule has 1 amide bonds. The van der Waals surface area contributed by atoms with Gasteiger partial charge in [0.15, 0.2) is 0 Å². The van der Waals surface area contributed by atoms with Gasteiger partial charge >= 0.3 is 0 Å². The predicted molar refractivity (Wildman–Crippen MR) is 72.6 cm³/mol. The molecule has 1 aliphatic heterocycles. The van der Waals surface area contributed by atoms with Crippen molar-refractivity contribution in [1.82, 2.24) is 15.1 Å². The highest BCUT2D eigenvalue weighted by Crippen LogP contribution is 2.16. The van der Waals surface area contributed by atoms with Crippen molar-refractivity contribution in [3.05, 3.63) is 0 Å². The van der Waals surface area contributed by atoms with Crippen LogP contribution in [0.4, 0.5) is 0 Å². The number of amides is 1. The van der Waals surface area contributed by atoms with E-state index in [1.165, 1.54) is 12.8 Å². The van der Waals surface area contributed by atoms with Crippen LogP contribution >= 0.6 is 0 Å². The molecule has 1 heterocycles. The molecule has 0 aromatic carbocycles. The van der Waals surface area contributed by atoms with E-state index in [1.807, 2.05) is 11.9 Å². The second-order valence-electron chi connectivity index (χ2n) is 5.19. The molecule has 5 nitrogen and oxygen atoms in total. The normalized spacial score (nSPS) is 17.9. The van der Waals surface area contributed by atoms with Crippen LogP contribution in [-0.2, 0) is 9.53 Å². The molecule has 1 N–H and O–H groups in total. The van der Waals surface area contributed by atoms with Gasteiger partial charge in [0.25, 0.3) is 0 Å². The van der Waals surface area contributed by atoms with E-state index in [4.69, 9.17) is 4.74 Å². The number of ether oxygens (including phenoxy) is 1. The maximum absolute atomic E-state index is 11.9. The Morgan fingerprint density at radius 1 is 1.44 bits per heavy atom. The first kappa shape index (κ1) is 15.4. The summed E-state index contributed by atoms with van der Waals surface area (Å²) in [6.07, 6.45) is 2.40. The minimum Gasteiger partial charge on any atom is -0.383 e. The average Bonchev–Trinajstić information content (AvgIpc) is 2.37. The molecule has 0 aromatic heterocycles. The molecule has 0 unspecified atom stereocenters. The Balaban J connectivity index is 2.14. The van der Waals surface area contributed by atoms with Crippen LogP contribution in [0.25, 0.3) is 0 Å². The number of rotatable bonds is 7. The summed E-state index contributed by atoms with van der Waals surface area (Å²) in [6, 6.07) is 0. The molecule has 0 atom stereocenters. The first-order valence-electron chi connectivity index (χ1n) is 6.75. The maximum atomic E-state index is 11.9. The van der Waals surface area contributed by atoms with Gasteiger partial charge in [-0.25, -0.2) is 0 Å². The quantitative estimate of drug-likeness (QED) is 0.653. The number of nitrogens with one attached hydrogen (secondary N) is 1. The van der Waals surface area contributed by atoms with Crippen LogP contribution in [0, 0.1) is 5.92 Å². The van der Waals surface area contributed by atoms with Gasteiger partial charge in [0.2, 0.25) is 5.91 Å². The van der Waals surface area contributed by atoms with Crippen molar-refractivity contribution < 1.29 is 9.53 Å². The van der Waals surface area contributed by atoms with E-state index in [1.54, 1.807) is 7.11 Å². The Kier molecular flexibility index (Phi) is 7.23. The van der Waals surface area contributed by atoms with Crippen LogP contribution in [0.1, 0.15) is 12.8 Å². The van der Waals surface area contributed by atoms with Gasteiger partial charge in [0.05, 0.1) is 13.2 Å². The molecule has 0 saturated carbocycles. The summed E-state index contributed by atoms with van der Waals surface area (Å²) in [4.78, 5) is 16.1. The van der Waals surface area contributed by atoms with Gasteiger partial charge in [-0.1, -0.05) is 0 Å². The lowest BCUT2D eigenvalue weighted by atomic mass is 9.97. The van der Waals surface area contributed by atoms with E-state index in [-0.39, 0.29) is 5.91 Å². The largest absolute Gasteiger partial charge is 0.383 e. The van der Waals surface area contributed by atoms with Crippen LogP contribution in [-0.4, -0.2) is 76.2 Å². The second kappa shape index (κ2) is 8.45. The third kappa shape index (κ3) is 5.80. The molecule has 106 valence electrons. The monoisotopic (exact) mass is 257 g/mol. The van der Waals surface area contributed by atoms with Gasteiger partial charge in [0, 0.05) is 27.2 Å². The van der Waals surface area contributed by atoms with E-state index >= 15 is 0 Å². The topological polar surface area (TPSA) is 44.8 Å². The van der Waals surface area contributed by atoms with Crippen molar-refractivity contribution in [2.75, 3.05) is 60.5 Å². The maximum Gasteiger partial charge on any atom is 0.236 e. The van der Waals surface area contributed by atoms with Gasteiger partial charge in [-0.15, -0.1) is 0 Å². The van der Waals surface area contributed by atoms with Crippen molar-refractivity contribution in [1.29, 1.82) is 0 Å². The number of nitrogens with zero attached hydrogens (tertiary/aromatic N) is 2. The first-order chi connectivity index (χ1) is 8.63. The minimum absolute atomic E-state index is 0.171. The number of carbonyl (C=O) groups excluding carboxylic acids is 1. The fourth-order valence-corrected chi connectivity index (χ4v) is 2.24. The second-order valence-corrected chi connectivity index (χ2v) is 5.19. The molecule has 0 aromatic rings. The molecule has 0 spiro atoms. The van der Waals surface area contributed by atoms with E-state index in [0.29, 0.717) is 19.1 Å². The minimum atomic E-state index is 0.171. The van der Waals surface area contributed by atoms with Crippen LogP contribution < -0.4 is 5.32 Å². The molecule has 0 radical (unpaired) electrons. The zero-order valence-corrected chi connectivity index (χ0v) is 11.9. The van der Waals surface area contributed by atoms with Gasteiger partial charge < -0.3 is 19.9 Å². The van der Waals surface area contributed by atoms with Crippen LogP contribution in [0.5, 0.6) is 0 Å². The zero-order chi connectivity index (χ0) is 13.4. The predicted octanol–water partition coefficient (Wildman–Crippen LogP) is 0.0226. The van der Waals surface area contributed by atoms with Crippen molar-refractivity contribution >= 4 is 5.91 Å². The van der Waals surface area contributed by atoms with E-state index < -0.39 is 0 Å². The summed E-state index contributed by atoms with van der Waals surface area (Å²) in [6.45, 7) is 4.97. The highest BCUT2D eigenvalue weighted by molar-refractivity contribution is 5.77. The third-order valence-corrected chi connectivity index (χ3v) is 3.56. The number of hydrogen-bond donors (Lipinski definition) is 1. The highest BCUT2D eigenvalue weighted by Gasteiger charge is 2.19. The lowest BCUT2D eigenvalue weighted by Gasteiger charge is -2.31. The Morgan fingerprint density at radius 3 is 2.72 bits per heavy atom. The molecule has 1 saturated heterocycles. The fraction of sp³-hybridized carbons (Fsp3) is 0.923. The van der Waals surface area contributed by atoms with Gasteiger partial charge in [-0.05, 0) is 38.9 Å². The molecule has 0 bridgehead atoms. The van der Waals surface area contributed by atoms with E-state index in [9.17, 15) is 4.79 Å². The molecular formula is C13H27N3O2. The molecule has 1 aliphatic rings. The number of carbonyl (C=O) groups is 1. The SMILES string of the molecule is COCCNCC(=O)N(C)CC1CCN(C)CC1. The smallest absolute Gasteiger partial charge is 0.236 e. The summed E-state index contributed by atoms with van der Waals surface area (Å²) < 4.78 is 4.92. The molecular weight excluding hydrogens is 230 g/mol. The molecule has 5 heteroatoms. The summed E-state index contributed by atoms with van der Waals surface area (Å²) in [5, 5.41) is 3.09. The summed E-state index contributed by atoms with van der Waals surface area (Å²) >= 11 is 0. The van der Waals surface area contributed by atoms with E-state index in [2.05, 4.69) is 17.3 Å². The molecule has 18 heavy (non-hydrogen) atoms. The van der Waals surface area contributed by atoms with E-state index in [0.717, 1.165) is 26.2 Å². The molecule has 1 fully saturated rings. The lowest BCUT2D eigenvalue weighted by molar-refractivity contribution is -0.129. The number of likely N-dealkylation sites (N-methyl/N-ethyl adjacent to an activating group) is 1. The van der Waals surface area contributed by atoms with Crippen molar-refractivity contribution in [3.8, 4) is 0 Å². The van der Waals surface area contributed by atoms with Crippen molar-refractivity contribution in [2.45, 2.75) is 12.8 Å². The molecule has 0 aliphatic carbocycles. The Morgan fingerprint density at radius 2 is 2.11 bits per heavy atom. The van der Waals surface area contributed by atoms with Gasteiger partial charge in [-0.3, -0.25) is 4.79 Å². The van der Waals surface area contributed by atoms with Crippen LogP contribution in [0.3, 0.4) is 0 Å². The summed E-state index contributed by atoms with van der Waals surface area (Å²) in [7, 11) is 5.72. The van der Waals surface area contributed by atoms with Crippen LogP contribution in [0.2, 0.25) is 0 Å². The zero-order valence-electron chi connectivity index (χ0n) is 11.9. The number of methoxy groups -OCH3 is 1. The van der Waals surface area contributed by atoms with Crippen LogP contribution in [0.15, 0.2) is 0 Å². The summed E-state index contributed by atoms with van der Waals surface area (Å²) in [5.41, 5.74) is 0. The van der Waals surface area contributed by atoms with Crippen molar-refractivity contribution in [2.24, 2.45) is 5.92 Å². The Hall–Kier alpha value is -0.650. The average molecular weight is 257 g/mol. The number of hydrogen-bond acceptors (Lipinski definition) is 4. The standard InChI is InChI=1S/C13H27N3O2/c1-15-7-4-12(5-8-15)11-16(2)13(17)10-14-6-9-18-3/h12,14H,4-11H2,1-3H3. The summed E-state index contributed by atoms with van der Waals surface area (Å²) in [5.74, 6) is 0.833. The first-order valence-corrected chi connectivity index (χ1v) is 6.75. The van der Waals surface area contributed by atoms with Crippen molar-refractivity contribution in [3.63, 3.8) is 0 Å². The number of likely N-dealkylation sites (tertiary alicyclic amines) is 1. The third-order valence-electron chi connectivity index (χ3n) is 3.56. The fourth-order valence-electron chi connectivity index (χ4n) is 2.24. The lowest BCUT2D eigenvalue weighted by Crippen LogP contribution is -2.41. The van der Waals surface area contributed by atoms with Gasteiger partial charge in [-0.2, -0.15) is 0 Å². The number of piperidine rings is 1. The highest BCUT2D eigenvalue weighted by atomic mass is 16.5. The Bertz CT molecular complexity index is 240.